The molecule has 2 heterocycles. The third-order valence-electron chi connectivity index (χ3n) is 12.2. The van der Waals surface area contributed by atoms with Crippen LogP contribution in [0.1, 0.15) is 12.5 Å². The first-order chi connectivity index (χ1) is 29.2. The molecule has 0 saturated heterocycles. The zero-order valence-corrected chi connectivity index (χ0v) is 32.9. The maximum atomic E-state index is 6.35. The van der Waals surface area contributed by atoms with Gasteiger partial charge in [-0.3, -0.25) is 0 Å². The molecule has 3 heteroatoms. The molecule has 11 rings (SSSR count). The standard InChI is InChI=1S/C56H42N2O/c1-38-36-48(57(45-29-22-42(23-30-45)40-12-4-2-5-13-40)46-31-24-43(25-32-46)41-14-6-3-7-15-41)33-26-44(38)37-39-20-27-47(28-21-39)58-52-18-10-8-16-49(52)50-34-35-54-55(56(50)58)51-17-9-11-19-53(51)59-54/h2-36,38,44H,37H2,1H3. The van der Waals surface area contributed by atoms with Crippen molar-refractivity contribution < 1.29 is 4.42 Å². The molecule has 3 nitrogen and oxygen atoms in total. The minimum Gasteiger partial charge on any atom is -0.456 e. The van der Waals surface area contributed by atoms with E-state index in [1.807, 2.05) is 6.07 Å². The smallest absolute Gasteiger partial charge is 0.137 e. The largest absolute Gasteiger partial charge is 0.456 e. The van der Waals surface area contributed by atoms with E-state index in [1.165, 1.54) is 55.3 Å². The van der Waals surface area contributed by atoms with Gasteiger partial charge in [0.1, 0.15) is 11.2 Å². The van der Waals surface area contributed by atoms with Crippen molar-refractivity contribution >= 4 is 55.1 Å². The fourth-order valence-corrected chi connectivity index (χ4v) is 9.15. The highest BCUT2D eigenvalue weighted by Gasteiger charge is 2.23. The van der Waals surface area contributed by atoms with Crippen molar-refractivity contribution in [1.82, 2.24) is 4.57 Å². The van der Waals surface area contributed by atoms with Gasteiger partial charge in [-0.05, 0) is 113 Å². The molecule has 59 heavy (non-hydrogen) atoms. The van der Waals surface area contributed by atoms with E-state index in [0.29, 0.717) is 11.8 Å². The Morgan fingerprint density at radius 1 is 0.508 bits per heavy atom. The van der Waals surface area contributed by atoms with E-state index in [4.69, 9.17) is 4.42 Å². The van der Waals surface area contributed by atoms with Gasteiger partial charge in [-0.25, -0.2) is 0 Å². The summed E-state index contributed by atoms with van der Waals surface area (Å²) < 4.78 is 8.77. The number of fused-ring (bicyclic) bond motifs is 7. The van der Waals surface area contributed by atoms with Crippen molar-refractivity contribution in [3.63, 3.8) is 0 Å². The summed E-state index contributed by atoms with van der Waals surface area (Å²) >= 11 is 0. The number of furan rings is 1. The first-order valence-corrected chi connectivity index (χ1v) is 20.6. The maximum absolute atomic E-state index is 6.35. The lowest BCUT2D eigenvalue weighted by Gasteiger charge is -2.31. The van der Waals surface area contributed by atoms with Crippen molar-refractivity contribution in [2.45, 2.75) is 13.3 Å². The topological polar surface area (TPSA) is 21.3 Å². The van der Waals surface area contributed by atoms with E-state index in [1.54, 1.807) is 0 Å². The van der Waals surface area contributed by atoms with Crippen LogP contribution in [0.2, 0.25) is 0 Å². The lowest BCUT2D eigenvalue weighted by atomic mass is 9.84. The van der Waals surface area contributed by atoms with Gasteiger partial charge in [-0.2, -0.15) is 0 Å². The predicted molar refractivity (Wildman–Crippen MR) is 248 cm³/mol. The number of nitrogens with zero attached hydrogens (tertiary/aromatic N) is 2. The van der Waals surface area contributed by atoms with Gasteiger partial charge in [-0.1, -0.05) is 153 Å². The highest BCUT2D eigenvalue weighted by atomic mass is 16.3. The van der Waals surface area contributed by atoms with Crippen LogP contribution in [0.3, 0.4) is 0 Å². The number of hydrogen-bond acceptors (Lipinski definition) is 2. The lowest BCUT2D eigenvalue weighted by Crippen LogP contribution is -2.21. The van der Waals surface area contributed by atoms with E-state index < -0.39 is 0 Å². The third kappa shape index (κ3) is 6.23. The highest BCUT2D eigenvalue weighted by molar-refractivity contribution is 6.24. The molecule has 2 aromatic heterocycles. The third-order valence-corrected chi connectivity index (χ3v) is 12.2. The van der Waals surface area contributed by atoms with Crippen LogP contribution in [0.5, 0.6) is 0 Å². The van der Waals surface area contributed by atoms with Crippen molar-refractivity contribution in [1.29, 1.82) is 0 Å². The van der Waals surface area contributed by atoms with Crippen LogP contribution in [-0.4, -0.2) is 4.57 Å². The molecule has 0 bridgehead atoms. The van der Waals surface area contributed by atoms with Gasteiger partial charge in [0.15, 0.2) is 0 Å². The molecule has 0 radical (unpaired) electrons. The second-order valence-electron chi connectivity index (χ2n) is 15.8. The van der Waals surface area contributed by atoms with Gasteiger partial charge in [-0.15, -0.1) is 0 Å². The second kappa shape index (κ2) is 14.5. The zero-order chi connectivity index (χ0) is 39.3. The molecule has 1 aliphatic carbocycles. The number of para-hydroxylation sites is 2. The maximum Gasteiger partial charge on any atom is 0.137 e. The summed E-state index contributed by atoms with van der Waals surface area (Å²) in [5.74, 6) is 0.710. The average Bonchev–Trinajstić information content (AvgIpc) is 3.85. The van der Waals surface area contributed by atoms with Crippen LogP contribution in [0, 0.1) is 11.8 Å². The summed E-state index contributed by atoms with van der Waals surface area (Å²) in [5.41, 5.74) is 15.0. The number of aromatic nitrogens is 1. The van der Waals surface area contributed by atoms with Crippen molar-refractivity contribution in [2.75, 3.05) is 4.90 Å². The molecule has 0 saturated carbocycles. The minimum atomic E-state index is 0.337. The quantitative estimate of drug-likeness (QED) is 0.154. The van der Waals surface area contributed by atoms with E-state index >= 15 is 0 Å². The van der Waals surface area contributed by atoms with E-state index in [-0.39, 0.29) is 0 Å². The Balaban J connectivity index is 0.901. The van der Waals surface area contributed by atoms with Gasteiger partial charge in [0.2, 0.25) is 0 Å². The molecule has 282 valence electrons. The Morgan fingerprint density at radius 3 is 1.73 bits per heavy atom. The Labute approximate surface area is 344 Å². The van der Waals surface area contributed by atoms with Crippen LogP contribution < -0.4 is 4.90 Å². The molecule has 0 N–H and O–H groups in total. The van der Waals surface area contributed by atoms with Crippen molar-refractivity contribution in [3.8, 4) is 27.9 Å². The van der Waals surface area contributed by atoms with Gasteiger partial charge in [0.05, 0.1) is 16.4 Å². The zero-order valence-electron chi connectivity index (χ0n) is 32.9. The molecule has 0 spiro atoms. The molecule has 2 unspecified atom stereocenters. The average molecular weight is 759 g/mol. The first-order valence-electron chi connectivity index (χ1n) is 20.6. The number of rotatable bonds is 8. The molecule has 1 aliphatic rings. The summed E-state index contributed by atoms with van der Waals surface area (Å²) in [7, 11) is 0. The molecular weight excluding hydrogens is 717 g/mol. The first kappa shape index (κ1) is 34.9. The molecule has 8 aromatic carbocycles. The fraction of sp³-hybridized carbons (Fsp3) is 0.0714. The van der Waals surface area contributed by atoms with E-state index in [2.05, 4.69) is 223 Å². The Kier molecular flexibility index (Phi) is 8.59. The number of hydrogen-bond donors (Lipinski definition) is 0. The predicted octanol–water partition coefficient (Wildman–Crippen LogP) is 15.1. The van der Waals surface area contributed by atoms with Crippen LogP contribution in [0.25, 0.3) is 71.7 Å². The molecule has 10 aromatic rings. The van der Waals surface area contributed by atoms with Crippen LogP contribution in [0.15, 0.2) is 222 Å². The van der Waals surface area contributed by atoms with Gasteiger partial charge < -0.3 is 13.9 Å². The normalized spacial score (nSPS) is 15.3. The monoisotopic (exact) mass is 758 g/mol. The SMILES string of the molecule is CC1C=C(N(c2ccc(-c3ccccc3)cc2)c2ccc(-c3ccccc3)cc2)C=CC1Cc1ccc(-n2c3ccccc3c3ccc4oc5ccccc5c4c32)cc1. The van der Waals surface area contributed by atoms with Crippen LogP contribution >= 0.6 is 0 Å². The minimum absolute atomic E-state index is 0.337. The molecule has 0 fully saturated rings. The molecule has 0 amide bonds. The Morgan fingerprint density at radius 2 is 1.08 bits per heavy atom. The van der Waals surface area contributed by atoms with Crippen molar-refractivity contribution in [2.24, 2.45) is 11.8 Å². The van der Waals surface area contributed by atoms with Crippen molar-refractivity contribution in [3.05, 3.63) is 224 Å². The highest BCUT2D eigenvalue weighted by Crippen LogP contribution is 2.41. The summed E-state index contributed by atoms with van der Waals surface area (Å²) in [6, 6.07) is 69.8. The van der Waals surface area contributed by atoms with Gasteiger partial charge in [0.25, 0.3) is 0 Å². The molecule has 0 aliphatic heterocycles. The van der Waals surface area contributed by atoms with Crippen LogP contribution in [-0.2, 0) is 6.42 Å². The summed E-state index contributed by atoms with van der Waals surface area (Å²) in [4.78, 5) is 2.40. The number of benzene rings is 8. The lowest BCUT2D eigenvalue weighted by molar-refractivity contribution is 0.500. The Bertz CT molecular complexity index is 3090. The van der Waals surface area contributed by atoms with Gasteiger partial charge >= 0.3 is 0 Å². The van der Waals surface area contributed by atoms with Gasteiger partial charge in [0, 0.05) is 38.9 Å². The number of anilines is 2. The molecular formula is C56H42N2O. The Hall–Kier alpha value is -7.36. The summed E-state index contributed by atoms with van der Waals surface area (Å²) in [5, 5.41) is 4.79. The number of allylic oxidation sites excluding steroid dienone is 3. The fourth-order valence-electron chi connectivity index (χ4n) is 9.15. The summed E-state index contributed by atoms with van der Waals surface area (Å²) in [6.45, 7) is 2.36. The van der Waals surface area contributed by atoms with E-state index in [9.17, 15) is 0 Å². The second-order valence-corrected chi connectivity index (χ2v) is 15.8. The van der Waals surface area contributed by atoms with Crippen LogP contribution in [0.4, 0.5) is 11.4 Å². The molecule has 2 atom stereocenters. The summed E-state index contributed by atoms with van der Waals surface area (Å²) in [6.07, 6.45) is 8.16. The van der Waals surface area contributed by atoms with E-state index in [0.717, 1.165) is 45.4 Å².